The van der Waals surface area contributed by atoms with E-state index in [1.165, 1.54) is 0 Å². The van der Waals surface area contributed by atoms with E-state index < -0.39 is 6.10 Å². The Morgan fingerprint density at radius 1 is 1.40 bits per heavy atom. The molecule has 0 spiro atoms. The lowest BCUT2D eigenvalue weighted by Gasteiger charge is -2.09. The van der Waals surface area contributed by atoms with Crippen LogP contribution in [-0.4, -0.2) is 42.4 Å². The molecular formula is C9H12N4O2. The molecule has 0 radical (unpaired) electrons. The number of aromatic nitrogens is 4. The number of hydrogen-bond acceptors (Lipinski definition) is 4. The van der Waals surface area contributed by atoms with Gasteiger partial charge < -0.3 is 19.8 Å². The Labute approximate surface area is 86.2 Å². The molecule has 1 unspecified atom stereocenters. The van der Waals surface area contributed by atoms with Gasteiger partial charge in [-0.05, 0) is 0 Å². The summed E-state index contributed by atoms with van der Waals surface area (Å²) in [7, 11) is 0. The number of aliphatic hydroxyl groups excluding tert-OH is 2. The first-order valence-electron chi connectivity index (χ1n) is 4.61. The molecule has 0 fully saturated rings. The first kappa shape index (κ1) is 9.88. The Kier molecular flexibility index (Phi) is 2.79. The van der Waals surface area contributed by atoms with E-state index >= 15 is 0 Å². The number of aliphatic hydroxyl groups is 2. The molecule has 1 atom stereocenters. The number of imidazole rings is 2. The van der Waals surface area contributed by atoms with Gasteiger partial charge in [0, 0.05) is 24.8 Å². The van der Waals surface area contributed by atoms with Crippen LogP contribution >= 0.6 is 0 Å². The van der Waals surface area contributed by atoms with Crippen molar-refractivity contribution in [2.45, 2.75) is 12.6 Å². The maximum atomic E-state index is 9.32. The maximum Gasteiger partial charge on any atom is 0.176 e. The van der Waals surface area contributed by atoms with Gasteiger partial charge in [-0.15, -0.1) is 0 Å². The van der Waals surface area contributed by atoms with Gasteiger partial charge in [0.2, 0.25) is 0 Å². The van der Waals surface area contributed by atoms with E-state index in [1.54, 1.807) is 29.4 Å². The lowest BCUT2D eigenvalue weighted by atomic mass is 10.3. The van der Waals surface area contributed by atoms with Crippen molar-refractivity contribution in [3.63, 3.8) is 0 Å². The SMILES string of the molecule is OCC(O)Cn1ccnc1-c1ncc[nH]1. The average Bonchev–Trinajstić information content (AvgIpc) is 2.86. The molecule has 2 rings (SSSR count). The zero-order valence-corrected chi connectivity index (χ0v) is 8.04. The van der Waals surface area contributed by atoms with E-state index in [0.29, 0.717) is 18.2 Å². The fraction of sp³-hybridized carbons (Fsp3) is 0.333. The number of aromatic amines is 1. The monoisotopic (exact) mass is 208 g/mol. The van der Waals surface area contributed by atoms with Gasteiger partial charge in [-0.2, -0.15) is 0 Å². The molecule has 0 aliphatic carbocycles. The highest BCUT2D eigenvalue weighted by atomic mass is 16.3. The van der Waals surface area contributed by atoms with Crippen LogP contribution in [0.25, 0.3) is 11.6 Å². The molecule has 3 N–H and O–H groups in total. The van der Waals surface area contributed by atoms with Crippen LogP contribution in [0.3, 0.4) is 0 Å². The van der Waals surface area contributed by atoms with Gasteiger partial charge in [0.05, 0.1) is 19.3 Å². The van der Waals surface area contributed by atoms with Crippen LogP contribution in [0.2, 0.25) is 0 Å². The molecule has 15 heavy (non-hydrogen) atoms. The number of nitrogens with one attached hydrogen (secondary N) is 1. The van der Waals surface area contributed by atoms with Crippen molar-refractivity contribution in [3.05, 3.63) is 24.8 Å². The summed E-state index contributed by atoms with van der Waals surface area (Å²) in [5.74, 6) is 1.29. The van der Waals surface area contributed by atoms with Crippen molar-refractivity contribution in [1.29, 1.82) is 0 Å². The Bertz CT molecular complexity index is 409. The highest BCUT2D eigenvalue weighted by Gasteiger charge is 2.10. The zero-order chi connectivity index (χ0) is 10.7. The van der Waals surface area contributed by atoms with Crippen LogP contribution in [0.1, 0.15) is 0 Å². The van der Waals surface area contributed by atoms with Crippen molar-refractivity contribution in [3.8, 4) is 11.6 Å². The van der Waals surface area contributed by atoms with Gasteiger partial charge in [0.1, 0.15) is 0 Å². The molecule has 0 aliphatic rings. The fourth-order valence-corrected chi connectivity index (χ4v) is 1.35. The molecule has 0 saturated heterocycles. The first-order chi connectivity index (χ1) is 7.31. The predicted octanol–water partition coefficient (Wildman–Crippen LogP) is -0.374. The fourth-order valence-electron chi connectivity index (χ4n) is 1.35. The molecule has 0 amide bonds. The number of H-pyrrole nitrogens is 1. The summed E-state index contributed by atoms with van der Waals surface area (Å²) in [5.41, 5.74) is 0. The van der Waals surface area contributed by atoms with Crippen LogP contribution in [-0.2, 0) is 6.54 Å². The minimum atomic E-state index is -0.784. The second kappa shape index (κ2) is 4.24. The number of rotatable bonds is 4. The third-order valence-corrected chi connectivity index (χ3v) is 2.04. The molecule has 0 aliphatic heterocycles. The lowest BCUT2D eigenvalue weighted by Crippen LogP contribution is -2.20. The van der Waals surface area contributed by atoms with Crippen molar-refractivity contribution in [2.24, 2.45) is 0 Å². The Hall–Kier alpha value is -1.66. The van der Waals surface area contributed by atoms with Gasteiger partial charge >= 0.3 is 0 Å². The van der Waals surface area contributed by atoms with E-state index in [9.17, 15) is 5.11 Å². The second-order valence-electron chi connectivity index (χ2n) is 3.18. The zero-order valence-electron chi connectivity index (χ0n) is 8.04. The lowest BCUT2D eigenvalue weighted by molar-refractivity contribution is 0.0815. The van der Waals surface area contributed by atoms with Crippen LogP contribution < -0.4 is 0 Å². The number of hydrogen-bond donors (Lipinski definition) is 3. The van der Waals surface area contributed by atoms with Gasteiger partial charge in [-0.3, -0.25) is 0 Å². The van der Waals surface area contributed by atoms with Crippen molar-refractivity contribution < 1.29 is 10.2 Å². The summed E-state index contributed by atoms with van der Waals surface area (Å²) >= 11 is 0. The summed E-state index contributed by atoms with van der Waals surface area (Å²) in [4.78, 5) is 11.1. The highest BCUT2D eigenvalue weighted by molar-refractivity contribution is 5.43. The topological polar surface area (TPSA) is 87.0 Å². The van der Waals surface area contributed by atoms with Crippen molar-refractivity contribution in [1.82, 2.24) is 19.5 Å². The van der Waals surface area contributed by atoms with Crippen LogP contribution in [0.5, 0.6) is 0 Å². The number of nitrogens with zero attached hydrogens (tertiary/aromatic N) is 3. The van der Waals surface area contributed by atoms with Crippen LogP contribution in [0.15, 0.2) is 24.8 Å². The minimum Gasteiger partial charge on any atom is -0.394 e. The third kappa shape index (κ3) is 2.05. The molecule has 2 aromatic rings. The molecule has 6 nitrogen and oxygen atoms in total. The quantitative estimate of drug-likeness (QED) is 0.639. The molecule has 80 valence electrons. The van der Waals surface area contributed by atoms with Gasteiger partial charge in [0.25, 0.3) is 0 Å². The van der Waals surface area contributed by atoms with E-state index in [2.05, 4.69) is 15.0 Å². The predicted molar refractivity (Wildman–Crippen MR) is 52.9 cm³/mol. The standard InChI is InChI=1S/C9H12N4O2/c14-6-7(15)5-13-4-3-12-9(13)8-10-1-2-11-8/h1-4,7,14-15H,5-6H2,(H,10,11). The highest BCUT2D eigenvalue weighted by Crippen LogP contribution is 2.11. The minimum absolute atomic E-state index is 0.268. The molecular weight excluding hydrogens is 196 g/mol. The normalized spacial score (nSPS) is 12.9. The van der Waals surface area contributed by atoms with Crippen LogP contribution in [0, 0.1) is 0 Å². The van der Waals surface area contributed by atoms with E-state index in [4.69, 9.17) is 5.11 Å². The van der Waals surface area contributed by atoms with Crippen molar-refractivity contribution in [2.75, 3.05) is 6.61 Å². The molecule has 0 aromatic carbocycles. The average molecular weight is 208 g/mol. The van der Waals surface area contributed by atoms with Gasteiger partial charge in [0.15, 0.2) is 11.6 Å². The smallest absolute Gasteiger partial charge is 0.176 e. The Morgan fingerprint density at radius 2 is 2.27 bits per heavy atom. The molecule has 2 aromatic heterocycles. The molecule has 0 bridgehead atoms. The third-order valence-electron chi connectivity index (χ3n) is 2.04. The summed E-state index contributed by atoms with van der Waals surface area (Å²) < 4.78 is 1.74. The summed E-state index contributed by atoms with van der Waals surface area (Å²) in [5, 5.41) is 18.1. The van der Waals surface area contributed by atoms with Gasteiger partial charge in [-0.1, -0.05) is 0 Å². The van der Waals surface area contributed by atoms with E-state index in [0.717, 1.165) is 0 Å². The second-order valence-corrected chi connectivity index (χ2v) is 3.18. The van der Waals surface area contributed by atoms with Crippen LogP contribution in [0.4, 0.5) is 0 Å². The molecule has 0 saturated carbocycles. The summed E-state index contributed by atoms with van der Waals surface area (Å²) in [6.07, 6.45) is 5.92. The van der Waals surface area contributed by atoms with Crippen molar-refractivity contribution >= 4 is 0 Å². The summed E-state index contributed by atoms with van der Waals surface area (Å²) in [6, 6.07) is 0. The first-order valence-corrected chi connectivity index (χ1v) is 4.61. The van der Waals surface area contributed by atoms with E-state index in [1.807, 2.05) is 0 Å². The Balaban J connectivity index is 2.23. The van der Waals surface area contributed by atoms with E-state index in [-0.39, 0.29) is 6.61 Å². The van der Waals surface area contributed by atoms with Gasteiger partial charge in [-0.25, -0.2) is 9.97 Å². The largest absolute Gasteiger partial charge is 0.394 e. The maximum absolute atomic E-state index is 9.32. The summed E-state index contributed by atoms with van der Waals surface area (Å²) in [6.45, 7) is 0.0301. The molecule has 6 heteroatoms. The Morgan fingerprint density at radius 3 is 2.93 bits per heavy atom. The molecule has 2 heterocycles.